The molecule has 0 aliphatic carbocycles. The first-order valence-electron chi connectivity index (χ1n) is 4.32. The number of hydrogen-bond acceptors (Lipinski definition) is 1. The molecule has 0 radical (unpaired) electrons. The molecule has 0 saturated carbocycles. The largest absolute Gasteiger partial charge is 0.417 e. The molecule has 0 fully saturated rings. The quantitative estimate of drug-likeness (QED) is 0.457. The number of carbonyl (C=O) groups is 1. The lowest BCUT2D eigenvalue weighted by Gasteiger charge is -2.11. The lowest BCUT2D eigenvalue weighted by atomic mass is 10.0. The van der Waals surface area contributed by atoms with Gasteiger partial charge in [0.2, 0.25) is 0 Å². The fourth-order valence-electron chi connectivity index (χ4n) is 1.21. The SMILES string of the molecule is O=C(CCCl)c1cc(F)ccc1C(F)(F)F. The van der Waals surface area contributed by atoms with Crippen LogP contribution in [0.5, 0.6) is 0 Å². The third kappa shape index (κ3) is 2.95. The van der Waals surface area contributed by atoms with Crippen LogP contribution < -0.4 is 0 Å². The van der Waals surface area contributed by atoms with E-state index in [0.717, 1.165) is 0 Å². The lowest BCUT2D eigenvalue weighted by Crippen LogP contribution is -2.13. The first-order valence-corrected chi connectivity index (χ1v) is 4.85. The van der Waals surface area contributed by atoms with Crippen LogP contribution in [0.15, 0.2) is 18.2 Å². The third-order valence-corrected chi connectivity index (χ3v) is 2.10. The average molecular weight is 255 g/mol. The molecule has 0 aromatic heterocycles. The van der Waals surface area contributed by atoms with Gasteiger partial charge in [-0.05, 0) is 18.2 Å². The maximum Gasteiger partial charge on any atom is 0.417 e. The first kappa shape index (κ1) is 13.0. The van der Waals surface area contributed by atoms with Gasteiger partial charge in [-0.1, -0.05) is 0 Å². The fourth-order valence-corrected chi connectivity index (χ4v) is 1.39. The van der Waals surface area contributed by atoms with Crippen LogP contribution >= 0.6 is 11.6 Å². The molecule has 0 aliphatic rings. The van der Waals surface area contributed by atoms with E-state index < -0.39 is 28.9 Å². The number of hydrogen-bond donors (Lipinski definition) is 0. The molecule has 0 bridgehead atoms. The van der Waals surface area contributed by atoms with Crippen LogP contribution in [0.1, 0.15) is 22.3 Å². The van der Waals surface area contributed by atoms with Crippen molar-refractivity contribution in [3.05, 3.63) is 35.1 Å². The summed E-state index contributed by atoms with van der Waals surface area (Å²) in [6.07, 6.45) is -4.93. The molecule has 0 saturated heterocycles. The molecule has 88 valence electrons. The maximum atomic E-state index is 12.8. The van der Waals surface area contributed by atoms with Crippen LogP contribution in [0, 0.1) is 5.82 Å². The van der Waals surface area contributed by atoms with E-state index in [2.05, 4.69) is 0 Å². The van der Waals surface area contributed by atoms with Crippen LogP contribution in [0.25, 0.3) is 0 Å². The smallest absolute Gasteiger partial charge is 0.294 e. The van der Waals surface area contributed by atoms with E-state index in [9.17, 15) is 22.4 Å². The van der Waals surface area contributed by atoms with Gasteiger partial charge < -0.3 is 0 Å². The van der Waals surface area contributed by atoms with Gasteiger partial charge in [0.25, 0.3) is 0 Å². The normalized spacial score (nSPS) is 11.6. The minimum Gasteiger partial charge on any atom is -0.294 e. The molecule has 0 amide bonds. The van der Waals surface area contributed by atoms with E-state index in [-0.39, 0.29) is 12.3 Å². The molecule has 1 aromatic carbocycles. The summed E-state index contributed by atoms with van der Waals surface area (Å²) in [7, 11) is 0. The summed E-state index contributed by atoms with van der Waals surface area (Å²) in [4.78, 5) is 11.3. The second-order valence-corrected chi connectivity index (χ2v) is 3.43. The van der Waals surface area contributed by atoms with Crippen molar-refractivity contribution in [3.8, 4) is 0 Å². The Labute approximate surface area is 94.0 Å². The predicted octanol–water partition coefficient (Wildman–Crippen LogP) is 3.66. The number of ketones is 1. The van der Waals surface area contributed by atoms with Gasteiger partial charge in [-0.25, -0.2) is 4.39 Å². The van der Waals surface area contributed by atoms with Gasteiger partial charge in [0.15, 0.2) is 5.78 Å². The molecular formula is C10H7ClF4O. The van der Waals surface area contributed by atoms with Crippen LogP contribution in [0.4, 0.5) is 17.6 Å². The number of Topliss-reactive ketones (excluding diaryl/α,β-unsaturated/α-hetero) is 1. The second kappa shape index (κ2) is 4.82. The van der Waals surface area contributed by atoms with Crippen LogP contribution in [-0.2, 0) is 6.18 Å². The summed E-state index contributed by atoms with van der Waals surface area (Å²) in [6, 6.07) is 1.80. The van der Waals surface area contributed by atoms with Gasteiger partial charge in [-0.2, -0.15) is 13.2 Å². The Morgan fingerprint density at radius 1 is 1.31 bits per heavy atom. The average Bonchev–Trinajstić information content (AvgIpc) is 2.16. The molecule has 0 heterocycles. The van der Waals surface area contributed by atoms with E-state index in [1.54, 1.807) is 0 Å². The zero-order chi connectivity index (χ0) is 12.3. The molecule has 1 aromatic rings. The van der Waals surface area contributed by atoms with E-state index in [1.165, 1.54) is 0 Å². The van der Waals surface area contributed by atoms with Crippen molar-refractivity contribution in [1.29, 1.82) is 0 Å². The summed E-state index contributed by atoms with van der Waals surface area (Å²) in [6.45, 7) is 0. The minimum atomic E-state index is -4.68. The highest BCUT2D eigenvalue weighted by Gasteiger charge is 2.35. The Morgan fingerprint density at radius 2 is 1.94 bits per heavy atom. The molecule has 6 heteroatoms. The molecule has 0 unspecified atom stereocenters. The van der Waals surface area contributed by atoms with Gasteiger partial charge in [0.1, 0.15) is 5.82 Å². The molecule has 0 aliphatic heterocycles. The standard InChI is InChI=1S/C10H7ClF4O/c11-4-3-9(16)7-5-6(12)1-2-8(7)10(13,14)15/h1-2,5H,3-4H2. The Hall–Kier alpha value is -1.10. The van der Waals surface area contributed by atoms with Gasteiger partial charge in [-0.15, -0.1) is 11.6 Å². The van der Waals surface area contributed by atoms with Crippen LogP contribution in [-0.4, -0.2) is 11.7 Å². The summed E-state index contributed by atoms with van der Waals surface area (Å²) < 4.78 is 50.2. The number of halogens is 5. The van der Waals surface area contributed by atoms with E-state index in [1.807, 2.05) is 0 Å². The number of benzene rings is 1. The molecule has 0 N–H and O–H groups in total. The van der Waals surface area contributed by atoms with Gasteiger partial charge in [0.05, 0.1) is 5.56 Å². The van der Waals surface area contributed by atoms with Crippen molar-refractivity contribution >= 4 is 17.4 Å². The Morgan fingerprint density at radius 3 is 2.44 bits per heavy atom. The van der Waals surface area contributed by atoms with Crippen molar-refractivity contribution in [2.45, 2.75) is 12.6 Å². The van der Waals surface area contributed by atoms with Crippen molar-refractivity contribution < 1.29 is 22.4 Å². The molecule has 0 spiro atoms. The van der Waals surface area contributed by atoms with Crippen LogP contribution in [0.2, 0.25) is 0 Å². The molecule has 1 nitrogen and oxygen atoms in total. The zero-order valence-corrected chi connectivity index (χ0v) is 8.70. The summed E-state index contributed by atoms with van der Waals surface area (Å²) in [5.74, 6) is -1.81. The van der Waals surface area contributed by atoms with Crippen molar-refractivity contribution in [1.82, 2.24) is 0 Å². The Kier molecular flexibility index (Phi) is 3.91. The second-order valence-electron chi connectivity index (χ2n) is 3.05. The minimum absolute atomic E-state index is 0.105. The third-order valence-electron chi connectivity index (χ3n) is 1.91. The summed E-state index contributed by atoms with van der Waals surface area (Å²) in [5.41, 5.74) is -1.81. The molecule has 1 rings (SSSR count). The fraction of sp³-hybridized carbons (Fsp3) is 0.300. The Balaban J connectivity index is 3.24. The Bertz CT molecular complexity index is 400. The summed E-state index contributed by atoms with van der Waals surface area (Å²) >= 11 is 5.26. The van der Waals surface area contributed by atoms with Gasteiger partial charge >= 0.3 is 6.18 Å². The maximum absolute atomic E-state index is 12.8. The van der Waals surface area contributed by atoms with E-state index >= 15 is 0 Å². The number of alkyl halides is 4. The topological polar surface area (TPSA) is 17.1 Å². The van der Waals surface area contributed by atoms with Crippen LogP contribution in [0.3, 0.4) is 0 Å². The number of rotatable bonds is 3. The van der Waals surface area contributed by atoms with Gasteiger partial charge in [0, 0.05) is 17.9 Å². The predicted molar refractivity (Wildman–Crippen MR) is 51.1 cm³/mol. The first-order chi connectivity index (χ1) is 7.36. The summed E-state index contributed by atoms with van der Waals surface area (Å²) in [5, 5.41) is 0. The van der Waals surface area contributed by atoms with Crippen molar-refractivity contribution in [3.63, 3.8) is 0 Å². The van der Waals surface area contributed by atoms with Crippen molar-refractivity contribution in [2.24, 2.45) is 0 Å². The lowest BCUT2D eigenvalue weighted by molar-refractivity contribution is -0.137. The van der Waals surface area contributed by atoms with E-state index in [4.69, 9.17) is 11.6 Å². The van der Waals surface area contributed by atoms with E-state index in [0.29, 0.717) is 18.2 Å². The zero-order valence-electron chi connectivity index (χ0n) is 7.94. The van der Waals surface area contributed by atoms with Crippen molar-refractivity contribution in [2.75, 3.05) is 5.88 Å². The molecule has 16 heavy (non-hydrogen) atoms. The molecule has 0 atom stereocenters. The highest BCUT2D eigenvalue weighted by atomic mass is 35.5. The highest BCUT2D eigenvalue weighted by Crippen LogP contribution is 2.32. The number of carbonyl (C=O) groups excluding carboxylic acids is 1. The highest BCUT2D eigenvalue weighted by molar-refractivity contribution is 6.19. The van der Waals surface area contributed by atoms with Gasteiger partial charge in [-0.3, -0.25) is 4.79 Å². The molecular weight excluding hydrogens is 248 g/mol. The monoisotopic (exact) mass is 254 g/mol.